The molecule has 0 atom stereocenters. The van der Waals surface area contributed by atoms with Crippen LogP contribution in [0.3, 0.4) is 0 Å². The molecule has 0 fully saturated rings. The normalized spacial score (nSPS) is 14.1. The van der Waals surface area contributed by atoms with E-state index in [0.717, 1.165) is 33.8 Å². The van der Waals surface area contributed by atoms with E-state index in [4.69, 9.17) is 11.6 Å². The Morgan fingerprint density at radius 1 is 1.35 bits per heavy atom. The smallest absolute Gasteiger partial charge is 0.226 e. The van der Waals surface area contributed by atoms with Gasteiger partial charge >= 0.3 is 0 Å². The standard InChI is InChI=1S/C20H23ClN2OS2/c21-17-8-4-7-16(11-17)13-25-20-23-18(14-26-20)12-19(24)22-10-9-15-5-2-1-3-6-15/h4-5,7-8,11,14H,1-3,6,9-10,12-13H2,(H,22,24). The molecule has 1 N–H and O–H groups in total. The number of carbonyl (C=O) groups excluding carboxylic acids is 1. The van der Waals surface area contributed by atoms with Crippen molar-refractivity contribution in [3.8, 4) is 0 Å². The van der Waals surface area contributed by atoms with E-state index in [9.17, 15) is 4.79 Å². The average Bonchev–Trinajstić information content (AvgIpc) is 3.08. The summed E-state index contributed by atoms with van der Waals surface area (Å²) >= 11 is 9.28. The van der Waals surface area contributed by atoms with Gasteiger partial charge in [-0.3, -0.25) is 4.79 Å². The maximum Gasteiger partial charge on any atom is 0.226 e. The molecule has 26 heavy (non-hydrogen) atoms. The number of amides is 1. The molecule has 138 valence electrons. The van der Waals surface area contributed by atoms with Gasteiger partial charge in [0, 0.05) is 22.7 Å². The number of benzene rings is 1. The summed E-state index contributed by atoms with van der Waals surface area (Å²) in [6.45, 7) is 0.727. The fourth-order valence-corrected chi connectivity index (χ4v) is 4.93. The second kappa shape index (κ2) is 10.1. The molecule has 0 saturated carbocycles. The number of allylic oxidation sites excluding steroid dienone is 1. The maximum atomic E-state index is 12.1. The van der Waals surface area contributed by atoms with E-state index < -0.39 is 0 Å². The van der Waals surface area contributed by atoms with Crippen molar-refractivity contribution < 1.29 is 4.79 Å². The molecule has 1 aliphatic rings. The molecule has 2 aromatic rings. The van der Waals surface area contributed by atoms with Gasteiger partial charge in [-0.25, -0.2) is 4.98 Å². The van der Waals surface area contributed by atoms with Gasteiger partial charge in [0.2, 0.25) is 5.91 Å². The Morgan fingerprint density at radius 2 is 2.27 bits per heavy atom. The first-order chi connectivity index (χ1) is 12.7. The molecule has 3 nitrogen and oxygen atoms in total. The summed E-state index contributed by atoms with van der Waals surface area (Å²) in [4.78, 5) is 16.7. The van der Waals surface area contributed by atoms with Crippen molar-refractivity contribution in [2.45, 2.75) is 48.6 Å². The predicted molar refractivity (Wildman–Crippen MR) is 111 cm³/mol. The molecule has 0 unspecified atom stereocenters. The minimum atomic E-state index is 0.0538. The molecule has 1 amide bonds. The van der Waals surface area contributed by atoms with Gasteiger partial charge in [0.1, 0.15) is 4.34 Å². The number of nitrogens with one attached hydrogen (secondary N) is 1. The van der Waals surface area contributed by atoms with Crippen molar-refractivity contribution in [1.29, 1.82) is 0 Å². The van der Waals surface area contributed by atoms with Gasteiger partial charge < -0.3 is 5.32 Å². The lowest BCUT2D eigenvalue weighted by Crippen LogP contribution is -2.26. The van der Waals surface area contributed by atoms with Gasteiger partial charge in [-0.1, -0.05) is 47.1 Å². The summed E-state index contributed by atoms with van der Waals surface area (Å²) in [6.07, 6.45) is 8.63. The van der Waals surface area contributed by atoms with E-state index in [1.165, 1.54) is 36.8 Å². The Balaban J connectivity index is 1.39. The summed E-state index contributed by atoms with van der Waals surface area (Å²) in [5, 5.41) is 5.74. The molecule has 1 aliphatic carbocycles. The summed E-state index contributed by atoms with van der Waals surface area (Å²) in [5.41, 5.74) is 3.51. The highest BCUT2D eigenvalue weighted by atomic mass is 35.5. The molecule has 1 heterocycles. The van der Waals surface area contributed by atoms with Crippen LogP contribution in [0.25, 0.3) is 0 Å². The Morgan fingerprint density at radius 3 is 3.08 bits per heavy atom. The molecule has 0 radical (unpaired) electrons. The van der Waals surface area contributed by atoms with Gasteiger partial charge in [0.25, 0.3) is 0 Å². The number of thiazole rings is 1. The minimum Gasteiger partial charge on any atom is -0.355 e. The third kappa shape index (κ3) is 6.45. The van der Waals surface area contributed by atoms with Crippen molar-refractivity contribution in [3.05, 3.63) is 57.6 Å². The number of halogens is 1. The lowest BCUT2D eigenvalue weighted by Gasteiger charge is -2.12. The summed E-state index contributed by atoms with van der Waals surface area (Å²) in [5.74, 6) is 0.882. The van der Waals surface area contributed by atoms with Crippen LogP contribution in [0.5, 0.6) is 0 Å². The molecule has 6 heteroatoms. The zero-order chi connectivity index (χ0) is 18.2. The van der Waals surface area contributed by atoms with E-state index in [1.807, 2.05) is 23.6 Å². The van der Waals surface area contributed by atoms with E-state index in [0.29, 0.717) is 6.42 Å². The van der Waals surface area contributed by atoms with Crippen LogP contribution in [0, 0.1) is 0 Å². The minimum absolute atomic E-state index is 0.0538. The number of aromatic nitrogens is 1. The van der Waals surface area contributed by atoms with Crippen LogP contribution in [-0.4, -0.2) is 17.4 Å². The van der Waals surface area contributed by atoms with Crippen LogP contribution >= 0.6 is 34.7 Å². The largest absolute Gasteiger partial charge is 0.355 e. The fraction of sp³-hybridized carbons (Fsp3) is 0.400. The Labute approximate surface area is 168 Å². The molecule has 1 aromatic carbocycles. The van der Waals surface area contributed by atoms with Crippen molar-refractivity contribution in [1.82, 2.24) is 10.3 Å². The number of hydrogen-bond acceptors (Lipinski definition) is 4. The molecule has 0 bridgehead atoms. The Kier molecular flexibility index (Phi) is 7.59. The van der Waals surface area contributed by atoms with Crippen LogP contribution in [-0.2, 0) is 17.0 Å². The monoisotopic (exact) mass is 406 g/mol. The second-order valence-corrected chi connectivity index (χ2v) is 8.93. The zero-order valence-electron chi connectivity index (χ0n) is 14.7. The second-order valence-electron chi connectivity index (χ2n) is 6.41. The average molecular weight is 407 g/mol. The van der Waals surface area contributed by atoms with Crippen LogP contribution < -0.4 is 5.32 Å². The summed E-state index contributed by atoms with van der Waals surface area (Å²) in [7, 11) is 0. The van der Waals surface area contributed by atoms with Crippen molar-refractivity contribution >= 4 is 40.6 Å². The van der Waals surface area contributed by atoms with E-state index in [1.54, 1.807) is 23.1 Å². The topological polar surface area (TPSA) is 42.0 Å². The highest BCUT2D eigenvalue weighted by Crippen LogP contribution is 2.27. The fourth-order valence-electron chi connectivity index (χ4n) is 2.93. The first-order valence-corrected chi connectivity index (χ1v) is 11.2. The SMILES string of the molecule is O=C(Cc1csc(SCc2cccc(Cl)c2)n1)NCCC1=CCCCC1. The quantitative estimate of drug-likeness (QED) is 0.455. The molecule has 0 spiro atoms. The van der Waals surface area contributed by atoms with E-state index >= 15 is 0 Å². The number of hydrogen-bond donors (Lipinski definition) is 1. The van der Waals surface area contributed by atoms with Crippen molar-refractivity contribution in [3.63, 3.8) is 0 Å². The zero-order valence-corrected chi connectivity index (χ0v) is 17.1. The van der Waals surface area contributed by atoms with E-state index in [2.05, 4.69) is 22.4 Å². The predicted octanol–water partition coefficient (Wildman–Crippen LogP) is 5.64. The maximum absolute atomic E-state index is 12.1. The summed E-state index contributed by atoms with van der Waals surface area (Å²) in [6, 6.07) is 7.86. The highest BCUT2D eigenvalue weighted by Gasteiger charge is 2.09. The molecular formula is C20H23ClN2OS2. The Hall–Kier alpha value is -1.30. The van der Waals surface area contributed by atoms with Crippen LogP contribution in [0.1, 0.15) is 43.4 Å². The molecule has 0 aliphatic heterocycles. The van der Waals surface area contributed by atoms with Crippen LogP contribution in [0.4, 0.5) is 0 Å². The van der Waals surface area contributed by atoms with Crippen LogP contribution in [0.2, 0.25) is 5.02 Å². The molecule has 3 rings (SSSR count). The summed E-state index contributed by atoms with van der Waals surface area (Å²) < 4.78 is 0.986. The van der Waals surface area contributed by atoms with Gasteiger partial charge in [-0.05, 0) is 49.8 Å². The number of carbonyl (C=O) groups is 1. The number of rotatable bonds is 8. The van der Waals surface area contributed by atoms with Crippen molar-refractivity contribution in [2.24, 2.45) is 0 Å². The van der Waals surface area contributed by atoms with E-state index in [-0.39, 0.29) is 5.91 Å². The third-order valence-corrected chi connectivity index (χ3v) is 6.65. The molecule has 1 aromatic heterocycles. The molecule has 0 saturated heterocycles. The number of nitrogens with zero attached hydrogens (tertiary/aromatic N) is 1. The Bertz CT molecular complexity index is 773. The van der Waals surface area contributed by atoms with Crippen molar-refractivity contribution in [2.75, 3.05) is 6.54 Å². The van der Waals surface area contributed by atoms with Gasteiger partial charge in [0.15, 0.2) is 0 Å². The molecular weight excluding hydrogens is 384 g/mol. The van der Waals surface area contributed by atoms with Gasteiger partial charge in [0.05, 0.1) is 12.1 Å². The number of thioether (sulfide) groups is 1. The highest BCUT2D eigenvalue weighted by molar-refractivity contribution is 8.00. The lowest BCUT2D eigenvalue weighted by molar-refractivity contribution is -0.120. The van der Waals surface area contributed by atoms with Crippen LogP contribution in [0.15, 0.2) is 45.6 Å². The first kappa shape index (κ1) is 19.5. The third-order valence-electron chi connectivity index (χ3n) is 4.28. The lowest BCUT2D eigenvalue weighted by atomic mass is 9.97. The van der Waals surface area contributed by atoms with Gasteiger partial charge in [-0.2, -0.15) is 0 Å². The van der Waals surface area contributed by atoms with Gasteiger partial charge in [-0.15, -0.1) is 11.3 Å². The first-order valence-electron chi connectivity index (χ1n) is 8.95.